The molecule has 5 heteroatoms. The Morgan fingerprint density at radius 2 is 2.19 bits per heavy atom. The second-order valence-corrected chi connectivity index (χ2v) is 4.49. The first-order chi connectivity index (χ1) is 10.2. The molecule has 2 rings (SSSR count). The third kappa shape index (κ3) is 3.37. The molecule has 0 bridgehead atoms. The maximum atomic E-state index is 12.4. The summed E-state index contributed by atoms with van der Waals surface area (Å²) in [4.78, 5) is 18.0. The van der Waals surface area contributed by atoms with E-state index in [1.165, 1.54) is 4.90 Å². The quantitative estimate of drug-likeness (QED) is 0.934. The fraction of sp³-hybridized carbons (Fsp3) is 0.188. The van der Waals surface area contributed by atoms with E-state index >= 15 is 0 Å². The highest BCUT2D eigenvalue weighted by atomic mass is 16.2. The predicted octanol–water partition coefficient (Wildman–Crippen LogP) is 2.66. The van der Waals surface area contributed by atoms with Gasteiger partial charge in [-0.05, 0) is 37.3 Å². The van der Waals surface area contributed by atoms with Crippen molar-refractivity contribution in [2.24, 2.45) is 0 Å². The van der Waals surface area contributed by atoms with E-state index in [0.29, 0.717) is 16.9 Å². The molecule has 0 radical (unpaired) electrons. The minimum absolute atomic E-state index is 0.215. The number of nitrogens with one attached hydrogen (secondary N) is 1. The van der Waals surface area contributed by atoms with Crippen LogP contribution in [-0.4, -0.2) is 24.5 Å². The van der Waals surface area contributed by atoms with E-state index in [2.05, 4.69) is 16.4 Å². The second-order valence-electron chi connectivity index (χ2n) is 4.49. The first kappa shape index (κ1) is 14.5. The molecule has 1 aromatic carbocycles. The van der Waals surface area contributed by atoms with Gasteiger partial charge < -0.3 is 10.2 Å². The lowest BCUT2D eigenvalue weighted by Gasteiger charge is -2.17. The highest BCUT2D eigenvalue weighted by molar-refractivity contribution is 6.04. The lowest BCUT2D eigenvalue weighted by atomic mass is 10.2. The number of aromatic nitrogens is 1. The number of benzene rings is 1. The van der Waals surface area contributed by atoms with E-state index in [1.54, 1.807) is 43.6 Å². The smallest absolute Gasteiger partial charge is 0.276 e. The van der Waals surface area contributed by atoms with Crippen LogP contribution in [0, 0.1) is 11.3 Å². The van der Waals surface area contributed by atoms with Crippen LogP contribution in [0.5, 0.6) is 0 Å². The Morgan fingerprint density at radius 3 is 2.81 bits per heavy atom. The summed E-state index contributed by atoms with van der Waals surface area (Å²) in [6, 6.07) is 12.5. The van der Waals surface area contributed by atoms with E-state index in [9.17, 15) is 4.79 Å². The third-order valence-corrected chi connectivity index (χ3v) is 3.03. The molecule has 1 heterocycles. The number of carbonyl (C=O) groups is 1. The fourth-order valence-corrected chi connectivity index (χ4v) is 1.90. The molecule has 21 heavy (non-hydrogen) atoms. The van der Waals surface area contributed by atoms with Crippen LogP contribution in [0.1, 0.15) is 23.0 Å². The molecule has 0 unspecified atom stereocenters. The van der Waals surface area contributed by atoms with Crippen molar-refractivity contribution in [1.29, 1.82) is 5.26 Å². The lowest BCUT2D eigenvalue weighted by Crippen LogP contribution is -2.27. The number of rotatable bonds is 4. The van der Waals surface area contributed by atoms with Gasteiger partial charge in [0.2, 0.25) is 0 Å². The maximum absolute atomic E-state index is 12.4. The molecule has 0 saturated heterocycles. The Labute approximate surface area is 123 Å². The summed E-state index contributed by atoms with van der Waals surface area (Å²) >= 11 is 0. The molecule has 1 amide bonds. The van der Waals surface area contributed by atoms with Gasteiger partial charge in [0, 0.05) is 19.3 Å². The highest BCUT2D eigenvalue weighted by Gasteiger charge is 2.15. The standard InChI is InChI=1S/C16H16N4O/c1-3-18-13-7-8-15(19-11-13)16(21)20(2)14-6-4-5-12(9-14)10-17/h4-9,11,18H,3H2,1-2H3. The van der Waals surface area contributed by atoms with Crippen LogP contribution in [0.25, 0.3) is 0 Å². The van der Waals surface area contributed by atoms with Crippen molar-refractivity contribution in [2.75, 3.05) is 23.8 Å². The second kappa shape index (κ2) is 6.53. The SMILES string of the molecule is CCNc1ccc(C(=O)N(C)c2cccc(C#N)c2)nc1. The molecule has 2 aromatic rings. The van der Waals surface area contributed by atoms with Crippen LogP contribution >= 0.6 is 0 Å². The molecule has 0 atom stereocenters. The monoisotopic (exact) mass is 280 g/mol. The molecule has 0 aliphatic heterocycles. The summed E-state index contributed by atoms with van der Waals surface area (Å²) in [6.45, 7) is 2.80. The number of anilines is 2. The van der Waals surface area contributed by atoms with Crippen LogP contribution in [0.3, 0.4) is 0 Å². The highest BCUT2D eigenvalue weighted by Crippen LogP contribution is 2.17. The van der Waals surface area contributed by atoms with E-state index < -0.39 is 0 Å². The molecule has 0 fully saturated rings. The van der Waals surface area contributed by atoms with Crippen LogP contribution < -0.4 is 10.2 Å². The number of pyridine rings is 1. The normalized spacial score (nSPS) is 9.76. The fourth-order valence-electron chi connectivity index (χ4n) is 1.90. The Balaban J connectivity index is 2.20. The zero-order valence-electron chi connectivity index (χ0n) is 12.0. The van der Waals surface area contributed by atoms with Crippen molar-refractivity contribution < 1.29 is 4.79 Å². The number of nitriles is 1. The van der Waals surface area contributed by atoms with Crippen LogP contribution in [0.15, 0.2) is 42.6 Å². The molecule has 1 aromatic heterocycles. The summed E-state index contributed by atoms with van der Waals surface area (Å²) in [7, 11) is 1.67. The molecule has 106 valence electrons. The van der Waals surface area contributed by atoms with Gasteiger partial charge in [-0.25, -0.2) is 4.98 Å². The minimum atomic E-state index is -0.215. The summed E-state index contributed by atoms with van der Waals surface area (Å²) in [5.74, 6) is -0.215. The molecule has 0 aliphatic rings. The predicted molar refractivity (Wildman–Crippen MR) is 82.3 cm³/mol. The summed E-state index contributed by atoms with van der Waals surface area (Å²) in [5, 5.41) is 12.0. The van der Waals surface area contributed by atoms with Gasteiger partial charge in [0.25, 0.3) is 5.91 Å². The number of amides is 1. The van der Waals surface area contributed by atoms with Gasteiger partial charge in [-0.2, -0.15) is 5.26 Å². The molecular weight excluding hydrogens is 264 g/mol. The molecule has 5 nitrogen and oxygen atoms in total. The van der Waals surface area contributed by atoms with Gasteiger partial charge in [0.1, 0.15) is 5.69 Å². The molecular formula is C16H16N4O. The van der Waals surface area contributed by atoms with Gasteiger partial charge in [0.05, 0.1) is 23.5 Å². The molecule has 0 aliphatic carbocycles. The van der Waals surface area contributed by atoms with E-state index in [4.69, 9.17) is 5.26 Å². The van der Waals surface area contributed by atoms with Crippen molar-refractivity contribution in [2.45, 2.75) is 6.92 Å². The van der Waals surface area contributed by atoms with E-state index in [-0.39, 0.29) is 5.91 Å². The van der Waals surface area contributed by atoms with E-state index in [1.807, 2.05) is 13.0 Å². The zero-order chi connectivity index (χ0) is 15.2. The Hall–Kier alpha value is -2.87. The van der Waals surface area contributed by atoms with Gasteiger partial charge in [-0.15, -0.1) is 0 Å². The largest absolute Gasteiger partial charge is 0.384 e. The zero-order valence-corrected chi connectivity index (χ0v) is 12.0. The van der Waals surface area contributed by atoms with Crippen LogP contribution in [0.4, 0.5) is 11.4 Å². The average Bonchev–Trinajstić information content (AvgIpc) is 2.54. The van der Waals surface area contributed by atoms with Gasteiger partial charge >= 0.3 is 0 Å². The number of hydrogen-bond acceptors (Lipinski definition) is 4. The van der Waals surface area contributed by atoms with Crippen molar-refractivity contribution in [3.63, 3.8) is 0 Å². The average molecular weight is 280 g/mol. The topological polar surface area (TPSA) is 69.0 Å². The van der Waals surface area contributed by atoms with Crippen molar-refractivity contribution >= 4 is 17.3 Å². The maximum Gasteiger partial charge on any atom is 0.276 e. The van der Waals surface area contributed by atoms with Gasteiger partial charge in [0.15, 0.2) is 0 Å². The van der Waals surface area contributed by atoms with Gasteiger partial charge in [-0.1, -0.05) is 6.07 Å². The number of nitrogens with zero attached hydrogens (tertiary/aromatic N) is 3. The molecule has 1 N–H and O–H groups in total. The van der Waals surface area contributed by atoms with Crippen LogP contribution in [0.2, 0.25) is 0 Å². The lowest BCUT2D eigenvalue weighted by molar-refractivity contribution is 0.0988. The van der Waals surface area contributed by atoms with Crippen LogP contribution in [-0.2, 0) is 0 Å². The van der Waals surface area contributed by atoms with Crippen molar-refractivity contribution in [3.8, 4) is 6.07 Å². The third-order valence-electron chi connectivity index (χ3n) is 3.03. The van der Waals surface area contributed by atoms with Crippen molar-refractivity contribution in [3.05, 3.63) is 53.9 Å². The minimum Gasteiger partial charge on any atom is -0.384 e. The first-order valence-corrected chi connectivity index (χ1v) is 6.64. The molecule has 0 saturated carbocycles. The summed E-state index contributed by atoms with van der Waals surface area (Å²) in [6.07, 6.45) is 1.64. The Morgan fingerprint density at radius 1 is 1.38 bits per heavy atom. The summed E-state index contributed by atoms with van der Waals surface area (Å²) < 4.78 is 0. The van der Waals surface area contributed by atoms with Crippen molar-refractivity contribution in [1.82, 2.24) is 4.98 Å². The first-order valence-electron chi connectivity index (χ1n) is 6.64. The van der Waals surface area contributed by atoms with E-state index in [0.717, 1.165) is 12.2 Å². The summed E-state index contributed by atoms with van der Waals surface area (Å²) in [5.41, 5.74) is 2.42. The number of carbonyl (C=O) groups excluding carboxylic acids is 1. The van der Waals surface area contributed by atoms with Gasteiger partial charge in [-0.3, -0.25) is 4.79 Å². The number of hydrogen-bond donors (Lipinski definition) is 1. The Kier molecular flexibility index (Phi) is 4.52. The molecule has 0 spiro atoms. The Bertz CT molecular complexity index is 673.